The van der Waals surface area contributed by atoms with E-state index < -0.39 is 0 Å². The molecule has 0 aliphatic heterocycles. The Balaban J connectivity index is 1.12. The van der Waals surface area contributed by atoms with Crippen molar-refractivity contribution in [2.45, 2.75) is 13.8 Å². The number of aryl methyl sites for hydroxylation is 2. The quantitative estimate of drug-likeness (QED) is 0.190. The third-order valence-corrected chi connectivity index (χ3v) is 9.58. The first kappa shape index (κ1) is 27.4. The van der Waals surface area contributed by atoms with Gasteiger partial charge in [0.2, 0.25) is 0 Å². The molecule has 0 bridgehead atoms. The zero-order valence-electron chi connectivity index (χ0n) is 26.5. The lowest BCUT2D eigenvalue weighted by Crippen LogP contribution is -2.10. The zero-order chi connectivity index (χ0) is 31.5. The molecule has 0 saturated carbocycles. The fourth-order valence-electron chi connectivity index (χ4n) is 7.32. The number of hydrogen-bond donors (Lipinski definition) is 0. The van der Waals surface area contributed by atoms with Gasteiger partial charge in [-0.25, -0.2) is 0 Å². The van der Waals surface area contributed by atoms with Crippen LogP contribution in [0.3, 0.4) is 0 Å². The average molecular weight is 600 g/mol. The summed E-state index contributed by atoms with van der Waals surface area (Å²) in [5.41, 5.74) is 16.3. The Morgan fingerprint density at radius 2 is 0.745 bits per heavy atom. The SMILES string of the molecule is Cc1cc(C)cc(N(c2ccc(-c3ccccc3)cc2)c2ccc3cc4c(cc3c2)-c2cc3ccc(-c5ccccc5)cc3cc2-4)c1. The molecule has 1 aliphatic rings. The van der Waals surface area contributed by atoms with Crippen LogP contribution in [0, 0.1) is 13.8 Å². The van der Waals surface area contributed by atoms with Gasteiger partial charge in [0.25, 0.3) is 0 Å². The van der Waals surface area contributed by atoms with Gasteiger partial charge in [-0.15, -0.1) is 0 Å². The predicted octanol–water partition coefficient (Wildman–Crippen LogP) is 13.1. The summed E-state index contributed by atoms with van der Waals surface area (Å²) in [6.07, 6.45) is 0. The van der Waals surface area contributed by atoms with Crippen LogP contribution in [0.2, 0.25) is 0 Å². The fourth-order valence-corrected chi connectivity index (χ4v) is 7.32. The van der Waals surface area contributed by atoms with Gasteiger partial charge in [-0.05, 0) is 158 Å². The van der Waals surface area contributed by atoms with Gasteiger partial charge in [-0.3, -0.25) is 0 Å². The van der Waals surface area contributed by atoms with Gasteiger partial charge in [0, 0.05) is 17.1 Å². The Hall–Kier alpha value is -5.92. The Bertz CT molecular complexity index is 2440. The van der Waals surface area contributed by atoms with E-state index in [9.17, 15) is 0 Å². The molecule has 8 aromatic carbocycles. The standard InChI is InChI=1S/C46H33N/c1-30-21-31(2)23-42(22-30)47(40-18-15-34(16-19-40)32-9-5-3-6-10-32)41-20-17-37-27-44-45-28-38-24-35(33-11-7-4-8-12-33)13-14-36(38)26-43(45)46(44)29-39(37)25-41/h3-29H,1-2H3. The Labute approximate surface area is 276 Å². The van der Waals surface area contributed by atoms with Crippen molar-refractivity contribution in [1.29, 1.82) is 0 Å². The average Bonchev–Trinajstić information content (AvgIpc) is 3.11. The summed E-state index contributed by atoms with van der Waals surface area (Å²) in [6, 6.07) is 60.2. The molecule has 0 fully saturated rings. The van der Waals surface area contributed by atoms with E-state index in [4.69, 9.17) is 0 Å². The van der Waals surface area contributed by atoms with E-state index in [1.165, 1.54) is 82.9 Å². The number of hydrogen-bond acceptors (Lipinski definition) is 1. The van der Waals surface area contributed by atoms with Gasteiger partial charge in [0.15, 0.2) is 0 Å². The zero-order valence-corrected chi connectivity index (χ0v) is 26.5. The molecule has 0 radical (unpaired) electrons. The first-order valence-corrected chi connectivity index (χ1v) is 16.3. The van der Waals surface area contributed by atoms with Crippen LogP contribution in [0.4, 0.5) is 17.1 Å². The van der Waals surface area contributed by atoms with E-state index in [-0.39, 0.29) is 0 Å². The highest BCUT2D eigenvalue weighted by molar-refractivity contribution is 6.12. The van der Waals surface area contributed by atoms with Crippen molar-refractivity contribution in [3.8, 4) is 44.5 Å². The number of benzene rings is 8. The lowest BCUT2D eigenvalue weighted by Gasteiger charge is -2.28. The predicted molar refractivity (Wildman–Crippen MR) is 201 cm³/mol. The monoisotopic (exact) mass is 599 g/mol. The minimum absolute atomic E-state index is 1.14. The summed E-state index contributed by atoms with van der Waals surface area (Å²) in [5.74, 6) is 0. The molecule has 0 saturated heterocycles. The third-order valence-electron chi connectivity index (χ3n) is 9.58. The van der Waals surface area contributed by atoms with Gasteiger partial charge in [0.05, 0.1) is 0 Å². The molecule has 0 aromatic heterocycles. The Morgan fingerprint density at radius 1 is 0.298 bits per heavy atom. The minimum Gasteiger partial charge on any atom is -0.310 e. The maximum atomic E-state index is 2.39. The van der Waals surface area contributed by atoms with Crippen molar-refractivity contribution in [2.24, 2.45) is 0 Å². The van der Waals surface area contributed by atoms with Crippen LogP contribution in [0.15, 0.2) is 164 Å². The molecule has 0 unspecified atom stereocenters. The number of anilines is 3. The highest BCUT2D eigenvalue weighted by Crippen LogP contribution is 2.51. The van der Waals surface area contributed by atoms with Crippen LogP contribution in [0.25, 0.3) is 66.1 Å². The number of rotatable bonds is 5. The van der Waals surface area contributed by atoms with E-state index in [0.29, 0.717) is 0 Å². The van der Waals surface area contributed by atoms with E-state index in [2.05, 4.69) is 183 Å². The molecule has 1 aliphatic carbocycles. The maximum absolute atomic E-state index is 2.39. The maximum Gasteiger partial charge on any atom is 0.0468 e. The number of fused-ring (bicyclic) bond motifs is 6. The summed E-state index contributed by atoms with van der Waals surface area (Å²) >= 11 is 0. The van der Waals surface area contributed by atoms with Gasteiger partial charge < -0.3 is 4.90 Å². The van der Waals surface area contributed by atoms with Crippen molar-refractivity contribution in [3.05, 3.63) is 175 Å². The first-order valence-electron chi connectivity index (χ1n) is 16.3. The fraction of sp³-hybridized carbons (Fsp3) is 0.0435. The molecule has 1 heteroatoms. The van der Waals surface area contributed by atoms with E-state index in [1.54, 1.807) is 0 Å². The largest absolute Gasteiger partial charge is 0.310 e. The molecule has 0 amide bonds. The van der Waals surface area contributed by atoms with Crippen molar-refractivity contribution in [1.82, 2.24) is 0 Å². The second kappa shape index (κ2) is 10.9. The molecule has 9 rings (SSSR count). The Kier molecular flexibility index (Phi) is 6.33. The molecule has 0 spiro atoms. The van der Waals surface area contributed by atoms with Gasteiger partial charge >= 0.3 is 0 Å². The molecule has 47 heavy (non-hydrogen) atoms. The second-order valence-corrected chi connectivity index (χ2v) is 12.8. The summed E-state index contributed by atoms with van der Waals surface area (Å²) < 4.78 is 0. The van der Waals surface area contributed by atoms with Crippen LogP contribution in [-0.4, -0.2) is 0 Å². The number of nitrogens with zero attached hydrogens (tertiary/aromatic N) is 1. The molecule has 1 nitrogen and oxygen atoms in total. The summed E-state index contributed by atoms with van der Waals surface area (Å²) in [7, 11) is 0. The second-order valence-electron chi connectivity index (χ2n) is 12.8. The molecule has 0 atom stereocenters. The first-order chi connectivity index (χ1) is 23.1. The summed E-state index contributed by atoms with van der Waals surface area (Å²) in [6.45, 7) is 4.36. The minimum atomic E-state index is 1.14. The third kappa shape index (κ3) is 4.80. The summed E-state index contributed by atoms with van der Waals surface area (Å²) in [4.78, 5) is 2.39. The van der Waals surface area contributed by atoms with E-state index in [0.717, 1.165) is 11.4 Å². The van der Waals surface area contributed by atoms with E-state index >= 15 is 0 Å². The van der Waals surface area contributed by atoms with Crippen LogP contribution in [-0.2, 0) is 0 Å². The van der Waals surface area contributed by atoms with Gasteiger partial charge in [0.1, 0.15) is 0 Å². The molecule has 0 N–H and O–H groups in total. The van der Waals surface area contributed by atoms with Crippen molar-refractivity contribution in [2.75, 3.05) is 4.90 Å². The van der Waals surface area contributed by atoms with Gasteiger partial charge in [-0.1, -0.05) is 97.1 Å². The lowest BCUT2D eigenvalue weighted by molar-refractivity contribution is 1.26. The lowest BCUT2D eigenvalue weighted by atomic mass is 9.77. The molecular formula is C46H33N. The van der Waals surface area contributed by atoms with Crippen LogP contribution in [0.5, 0.6) is 0 Å². The van der Waals surface area contributed by atoms with Crippen LogP contribution >= 0.6 is 0 Å². The van der Waals surface area contributed by atoms with Crippen molar-refractivity contribution < 1.29 is 0 Å². The highest BCUT2D eigenvalue weighted by Gasteiger charge is 2.24. The molecule has 222 valence electrons. The van der Waals surface area contributed by atoms with Crippen LogP contribution in [0.1, 0.15) is 11.1 Å². The van der Waals surface area contributed by atoms with Crippen molar-refractivity contribution in [3.63, 3.8) is 0 Å². The molecular weight excluding hydrogens is 567 g/mol. The molecule has 8 aromatic rings. The van der Waals surface area contributed by atoms with E-state index in [1.807, 2.05) is 0 Å². The molecule has 0 heterocycles. The van der Waals surface area contributed by atoms with Crippen molar-refractivity contribution >= 4 is 38.6 Å². The highest BCUT2D eigenvalue weighted by atomic mass is 15.1. The van der Waals surface area contributed by atoms with Gasteiger partial charge in [-0.2, -0.15) is 0 Å². The normalized spacial score (nSPS) is 11.6. The summed E-state index contributed by atoms with van der Waals surface area (Å²) in [5, 5.41) is 5.08. The van der Waals surface area contributed by atoms with Crippen LogP contribution < -0.4 is 4.90 Å². The smallest absolute Gasteiger partial charge is 0.0468 e. The topological polar surface area (TPSA) is 3.24 Å². The Morgan fingerprint density at radius 3 is 1.34 bits per heavy atom.